The summed E-state index contributed by atoms with van der Waals surface area (Å²) in [6.45, 7) is 6.67. The van der Waals surface area contributed by atoms with Crippen LogP contribution in [0.15, 0.2) is 0 Å². The topological polar surface area (TPSA) is 3.24 Å². The zero-order chi connectivity index (χ0) is 15.1. The maximum absolute atomic E-state index is 5.20. The van der Waals surface area contributed by atoms with E-state index in [1.807, 2.05) is 0 Å². The van der Waals surface area contributed by atoms with Crippen LogP contribution in [-0.2, 0) is 12.6 Å². The van der Waals surface area contributed by atoms with Crippen LogP contribution in [0.2, 0.25) is 0 Å². The second kappa shape index (κ2) is 15.5. The van der Waals surface area contributed by atoms with E-state index in [0.717, 1.165) is 13.1 Å². The van der Waals surface area contributed by atoms with Gasteiger partial charge in [-0.15, -0.1) is 0 Å². The Bertz CT molecular complexity index is 203. The minimum absolute atomic E-state index is 0.673. The normalized spacial score (nSPS) is 10.7. The molecular weight excluding hydrogens is 282 g/mol. The van der Waals surface area contributed by atoms with Crippen molar-refractivity contribution in [3.63, 3.8) is 0 Å². The summed E-state index contributed by atoms with van der Waals surface area (Å²) in [5.74, 6) is 0. The lowest BCUT2D eigenvalue weighted by molar-refractivity contribution is 0.395. The maximum Gasteiger partial charge on any atom is 0.0162 e. The Morgan fingerprint density at radius 1 is 0.700 bits per heavy atom. The van der Waals surface area contributed by atoms with Crippen LogP contribution in [0.3, 0.4) is 0 Å². The standard InChI is InChI=1S/C17H35NS2/c1-3-5-7-9-11-13-15-18(17(19)20)16-14-12-10-8-6-4-2/h3-16H2,1-2H3,(H,19,20)/p-1. The van der Waals surface area contributed by atoms with Gasteiger partial charge in [0.2, 0.25) is 0 Å². The number of hydrogen-bond acceptors (Lipinski definition) is 2. The van der Waals surface area contributed by atoms with E-state index in [-0.39, 0.29) is 0 Å². The third kappa shape index (κ3) is 13.1. The van der Waals surface area contributed by atoms with E-state index in [2.05, 4.69) is 18.7 Å². The minimum atomic E-state index is 0.673. The highest BCUT2D eigenvalue weighted by molar-refractivity contribution is 8.00. The van der Waals surface area contributed by atoms with Gasteiger partial charge in [-0.2, -0.15) is 0 Å². The Kier molecular flexibility index (Phi) is 15.6. The van der Waals surface area contributed by atoms with E-state index in [9.17, 15) is 0 Å². The Balaban J connectivity index is 3.53. The minimum Gasteiger partial charge on any atom is -0.411 e. The van der Waals surface area contributed by atoms with E-state index in [1.54, 1.807) is 0 Å². The molecule has 0 saturated carbocycles. The number of hydrogen-bond donors (Lipinski definition) is 0. The predicted octanol–water partition coefficient (Wildman–Crippen LogP) is 5.84. The summed E-state index contributed by atoms with van der Waals surface area (Å²) in [6.07, 6.45) is 16.0. The fourth-order valence-corrected chi connectivity index (χ4v) is 2.83. The van der Waals surface area contributed by atoms with E-state index in [0.29, 0.717) is 4.32 Å². The first kappa shape index (κ1) is 20.1. The molecule has 0 spiro atoms. The molecule has 0 saturated heterocycles. The molecule has 0 unspecified atom stereocenters. The first-order valence-corrected chi connectivity index (χ1v) is 9.50. The molecule has 0 rings (SSSR count). The highest BCUT2D eigenvalue weighted by Crippen LogP contribution is 2.09. The molecule has 0 fully saturated rings. The van der Waals surface area contributed by atoms with Crippen molar-refractivity contribution in [2.24, 2.45) is 0 Å². The van der Waals surface area contributed by atoms with Gasteiger partial charge in [0.1, 0.15) is 0 Å². The number of nitrogens with zero attached hydrogens (tertiary/aromatic N) is 1. The molecule has 0 heterocycles. The van der Waals surface area contributed by atoms with Crippen LogP contribution in [0.1, 0.15) is 90.9 Å². The Hall–Kier alpha value is 0.110. The van der Waals surface area contributed by atoms with Crippen molar-refractivity contribution in [2.75, 3.05) is 13.1 Å². The molecule has 0 aromatic carbocycles. The Labute approximate surface area is 138 Å². The molecule has 0 aromatic rings. The summed E-state index contributed by atoms with van der Waals surface area (Å²) in [7, 11) is 0. The largest absolute Gasteiger partial charge is 0.411 e. The zero-order valence-electron chi connectivity index (χ0n) is 13.7. The van der Waals surface area contributed by atoms with Crippen molar-refractivity contribution < 1.29 is 0 Å². The lowest BCUT2D eigenvalue weighted by atomic mass is 10.1. The van der Waals surface area contributed by atoms with Crippen molar-refractivity contribution in [3.8, 4) is 0 Å². The van der Waals surface area contributed by atoms with Gasteiger partial charge in [0, 0.05) is 13.1 Å². The highest BCUT2D eigenvalue weighted by atomic mass is 32.1. The molecule has 0 aromatic heterocycles. The summed E-state index contributed by atoms with van der Waals surface area (Å²) in [5.41, 5.74) is 0. The fraction of sp³-hybridized carbons (Fsp3) is 0.941. The number of thiocarbonyl (C=S) groups is 1. The van der Waals surface area contributed by atoms with Crippen molar-refractivity contribution >= 4 is 29.2 Å². The van der Waals surface area contributed by atoms with Gasteiger partial charge in [0.15, 0.2) is 0 Å². The first-order chi connectivity index (χ1) is 9.72. The van der Waals surface area contributed by atoms with Crippen LogP contribution in [0.5, 0.6) is 0 Å². The summed E-state index contributed by atoms with van der Waals surface area (Å²) in [4.78, 5) is 2.24. The summed E-state index contributed by atoms with van der Waals surface area (Å²) in [6, 6.07) is 0. The van der Waals surface area contributed by atoms with Crippen LogP contribution in [0, 0.1) is 0 Å². The van der Waals surface area contributed by atoms with E-state index >= 15 is 0 Å². The zero-order valence-corrected chi connectivity index (χ0v) is 15.3. The molecule has 0 aliphatic rings. The summed E-state index contributed by atoms with van der Waals surface area (Å²) < 4.78 is 0.673. The molecule has 0 amide bonds. The Morgan fingerprint density at radius 2 is 1.05 bits per heavy atom. The lowest BCUT2D eigenvalue weighted by Crippen LogP contribution is -2.30. The Morgan fingerprint density at radius 3 is 1.40 bits per heavy atom. The fourth-order valence-electron chi connectivity index (χ4n) is 2.46. The summed E-state index contributed by atoms with van der Waals surface area (Å²) >= 11 is 10.4. The smallest absolute Gasteiger partial charge is 0.0162 e. The van der Waals surface area contributed by atoms with Crippen molar-refractivity contribution in [1.82, 2.24) is 4.90 Å². The molecule has 0 N–H and O–H groups in total. The monoisotopic (exact) mass is 316 g/mol. The van der Waals surface area contributed by atoms with Crippen LogP contribution in [0.25, 0.3) is 0 Å². The predicted molar refractivity (Wildman–Crippen MR) is 98.3 cm³/mol. The van der Waals surface area contributed by atoms with Crippen molar-refractivity contribution in [3.05, 3.63) is 0 Å². The quantitative estimate of drug-likeness (QED) is 0.225. The van der Waals surface area contributed by atoms with E-state index < -0.39 is 0 Å². The van der Waals surface area contributed by atoms with Gasteiger partial charge in [0.05, 0.1) is 0 Å². The average Bonchev–Trinajstić information content (AvgIpc) is 2.43. The van der Waals surface area contributed by atoms with Crippen LogP contribution < -0.4 is 0 Å². The first-order valence-electron chi connectivity index (χ1n) is 8.68. The molecule has 20 heavy (non-hydrogen) atoms. The van der Waals surface area contributed by atoms with Gasteiger partial charge in [-0.25, -0.2) is 0 Å². The van der Waals surface area contributed by atoms with E-state index in [4.69, 9.17) is 24.8 Å². The van der Waals surface area contributed by atoms with Gasteiger partial charge >= 0.3 is 0 Å². The van der Waals surface area contributed by atoms with Crippen molar-refractivity contribution in [1.29, 1.82) is 0 Å². The van der Waals surface area contributed by atoms with Gasteiger partial charge in [-0.05, 0) is 12.8 Å². The second-order valence-electron chi connectivity index (χ2n) is 5.79. The summed E-state index contributed by atoms with van der Waals surface area (Å²) in [5, 5.41) is 0. The molecule has 120 valence electrons. The van der Waals surface area contributed by atoms with Crippen LogP contribution >= 0.6 is 12.2 Å². The number of rotatable bonds is 14. The molecule has 0 aliphatic heterocycles. The lowest BCUT2D eigenvalue weighted by Gasteiger charge is -2.28. The second-order valence-corrected chi connectivity index (χ2v) is 6.82. The molecule has 0 bridgehead atoms. The molecule has 0 atom stereocenters. The SMILES string of the molecule is CCCCCCCCN(CCCCCCCC)C(=S)[S-]. The molecule has 3 heteroatoms. The average molecular weight is 317 g/mol. The molecule has 0 radical (unpaired) electrons. The third-order valence-electron chi connectivity index (χ3n) is 3.82. The molecular formula is C17H34NS2-. The van der Waals surface area contributed by atoms with Gasteiger partial charge in [-0.3, -0.25) is 0 Å². The highest BCUT2D eigenvalue weighted by Gasteiger charge is 2.01. The van der Waals surface area contributed by atoms with Crippen molar-refractivity contribution in [2.45, 2.75) is 90.9 Å². The third-order valence-corrected chi connectivity index (χ3v) is 4.34. The van der Waals surface area contributed by atoms with Crippen LogP contribution in [0.4, 0.5) is 0 Å². The van der Waals surface area contributed by atoms with Gasteiger partial charge in [0.25, 0.3) is 0 Å². The maximum atomic E-state index is 5.20. The number of unbranched alkanes of at least 4 members (excludes halogenated alkanes) is 10. The molecule has 0 aliphatic carbocycles. The molecule has 1 nitrogen and oxygen atoms in total. The van der Waals surface area contributed by atoms with Crippen LogP contribution in [-0.4, -0.2) is 22.3 Å². The van der Waals surface area contributed by atoms with Gasteiger partial charge in [-0.1, -0.05) is 82.4 Å². The van der Waals surface area contributed by atoms with E-state index in [1.165, 1.54) is 77.0 Å². The van der Waals surface area contributed by atoms with Gasteiger partial charge < -0.3 is 29.7 Å².